The largest absolute Gasteiger partial charge is 0.396 e. The highest BCUT2D eigenvalue weighted by atomic mass is 16.5. The van der Waals surface area contributed by atoms with Gasteiger partial charge in [-0.1, -0.05) is 12.2 Å². The van der Waals surface area contributed by atoms with Crippen LogP contribution in [0.2, 0.25) is 0 Å². The first-order valence-electron chi connectivity index (χ1n) is 6.40. The molecular formula is C14H26O3. The molecule has 0 aliphatic heterocycles. The van der Waals surface area contributed by atoms with Crippen LogP contribution in [0, 0.1) is 0 Å². The lowest BCUT2D eigenvalue weighted by atomic mass is 10.1. The molecule has 0 aliphatic carbocycles. The molecule has 2 N–H and O–H groups in total. The summed E-state index contributed by atoms with van der Waals surface area (Å²) in [5.41, 5.74) is 0. The van der Waals surface area contributed by atoms with Gasteiger partial charge in [0.05, 0.1) is 12.2 Å². The van der Waals surface area contributed by atoms with E-state index < -0.39 is 0 Å². The molecule has 0 saturated carbocycles. The van der Waals surface area contributed by atoms with Crippen molar-refractivity contribution in [2.75, 3.05) is 13.2 Å². The summed E-state index contributed by atoms with van der Waals surface area (Å²) in [6.07, 6.45) is 8.91. The number of hydrogen-bond acceptors (Lipinski definition) is 3. The van der Waals surface area contributed by atoms with Crippen LogP contribution in [-0.2, 0) is 4.74 Å². The first kappa shape index (κ1) is 16.4. The third-order valence-electron chi connectivity index (χ3n) is 2.67. The Morgan fingerprint density at radius 1 is 0.824 bits per heavy atom. The van der Waals surface area contributed by atoms with Gasteiger partial charge in [0.2, 0.25) is 0 Å². The fraction of sp³-hybridized carbons (Fsp3) is 0.714. The smallest absolute Gasteiger partial charge is 0.0761 e. The second kappa shape index (κ2) is 11.8. The molecule has 0 saturated heterocycles. The molecule has 2 atom stereocenters. The second-order valence-electron chi connectivity index (χ2n) is 4.12. The minimum atomic E-state index is 0.0266. The van der Waals surface area contributed by atoms with E-state index in [4.69, 9.17) is 14.9 Å². The van der Waals surface area contributed by atoms with Crippen molar-refractivity contribution < 1.29 is 14.9 Å². The molecule has 0 fully saturated rings. The van der Waals surface area contributed by atoms with Crippen LogP contribution in [0.25, 0.3) is 0 Å². The summed E-state index contributed by atoms with van der Waals surface area (Å²) in [5, 5.41) is 17.4. The number of hydrogen-bond donors (Lipinski definition) is 2. The fourth-order valence-electron chi connectivity index (χ4n) is 1.62. The van der Waals surface area contributed by atoms with Gasteiger partial charge in [-0.05, 0) is 38.5 Å². The normalized spacial score (nSPS) is 14.2. The van der Waals surface area contributed by atoms with Crippen LogP contribution >= 0.6 is 0 Å². The van der Waals surface area contributed by atoms with Crippen LogP contribution in [0.15, 0.2) is 25.3 Å². The van der Waals surface area contributed by atoms with E-state index in [0.717, 1.165) is 38.5 Å². The number of aliphatic hydroxyl groups is 2. The van der Waals surface area contributed by atoms with Crippen LogP contribution in [-0.4, -0.2) is 35.6 Å². The Balaban J connectivity index is 3.86. The fourth-order valence-corrected chi connectivity index (χ4v) is 1.62. The molecular weight excluding hydrogens is 216 g/mol. The summed E-state index contributed by atoms with van der Waals surface area (Å²) in [6.45, 7) is 7.98. The highest BCUT2D eigenvalue weighted by Gasteiger charge is 2.11. The van der Waals surface area contributed by atoms with E-state index in [-0.39, 0.29) is 25.4 Å². The van der Waals surface area contributed by atoms with Crippen molar-refractivity contribution in [3.05, 3.63) is 25.3 Å². The quantitative estimate of drug-likeness (QED) is 0.408. The van der Waals surface area contributed by atoms with Crippen molar-refractivity contribution in [1.82, 2.24) is 0 Å². The lowest BCUT2D eigenvalue weighted by Crippen LogP contribution is -2.19. The Kier molecular flexibility index (Phi) is 11.4. The van der Waals surface area contributed by atoms with Crippen molar-refractivity contribution in [3.63, 3.8) is 0 Å². The lowest BCUT2D eigenvalue weighted by Gasteiger charge is -2.20. The van der Waals surface area contributed by atoms with Gasteiger partial charge in [-0.25, -0.2) is 0 Å². The van der Waals surface area contributed by atoms with Gasteiger partial charge in [0, 0.05) is 13.2 Å². The van der Waals surface area contributed by atoms with E-state index >= 15 is 0 Å². The summed E-state index contributed by atoms with van der Waals surface area (Å²) < 4.78 is 5.84. The van der Waals surface area contributed by atoms with E-state index in [1.165, 1.54) is 0 Å². The standard InChI is InChI=1S/C14H26O3/c1-3-13(9-5-7-11-15)17-14(4-2)10-6-8-12-16/h3-4,13-16H,1-2,5-12H2. The van der Waals surface area contributed by atoms with E-state index in [1.807, 2.05) is 0 Å². The predicted octanol–water partition coefficient (Wildman–Crippen LogP) is 2.44. The average Bonchev–Trinajstić information content (AvgIpc) is 2.36. The maximum Gasteiger partial charge on any atom is 0.0761 e. The van der Waals surface area contributed by atoms with Gasteiger partial charge in [0.25, 0.3) is 0 Å². The number of ether oxygens (including phenoxy) is 1. The Bertz CT molecular complexity index is 172. The van der Waals surface area contributed by atoms with Crippen LogP contribution in [0.1, 0.15) is 38.5 Å². The van der Waals surface area contributed by atoms with Crippen LogP contribution < -0.4 is 0 Å². The van der Waals surface area contributed by atoms with Crippen molar-refractivity contribution in [3.8, 4) is 0 Å². The lowest BCUT2D eigenvalue weighted by molar-refractivity contribution is 0.0289. The Morgan fingerprint density at radius 3 is 1.53 bits per heavy atom. The van der Waals surface area contributed by atoms with Gasteiger partial charge in [-0.15, -0.1) is 13.2 Å². The maximum atomic E-state index is 8.72. The number of aliphatic hydroxyl groups excluding tert-OH is 2. The minimum Gasteiger partial charge on any atom is -0.396 e. The molecule has 100 valence electrons. The first-order valence-corrected chi connectivity index (χ1v) is 6.40. The van der Waals surface area contributed by atoms with Gasteiger partial charge in [0.1, 0.15) is 0 Å². The predicted molar refractivity (Wildman–Crippen MR) is 70.9 cm³/mol. The minimum absolute atomic E-state index is 0.0266. The molecule has 3 heteroatoms. The summed E-state index contributed by atoms with van der Waals surface area (Å²) >= 11 is 0. The highest BCUT2D eigenvalue weighted by Crippen LogP contribution is 2.13. The summed E-state index contributed by atoms with van der Waals surface area (Å²) in [7, 11) is 0. The topological polar surface area (TPSA) is 49.7 Å². The molecule has 2 unspecified atom stereocenters. The van der Waals surface area contributed by atoms with E-state index in [9.17, 15) is 0 Å². The summed E-state index contributed by atoms with van der Waals surface area (Å²) in [4.78, 5) is 0. The zero-order chi connectivity index (χ0) is 12.9. The monoisotopic (exact) mass is 242 g/mol. The molecule has 0 aromatic carbocycles. The van der Waals surface area contributed by atoms with E-state index in [0.29, 0.717) is 0 Å². The van der Waals surface area contributed by atoms with Gasteiger partial charge < -0.3 is 14.9 Å². The molecule has 0 aromatic heterocycles. The molecule has 0 aromatic rings. The van der Waals surface area contributed by atoms with Crippen LogP contribution in [0.3, 0.4) is 0 Å². The van der Waals surface area contributed by atoms with Crippen molar-refractivity contribution >= 4 is 0 Å². The third-order valence-corrected chi connectivity index (χ3v) is 2.67. The van der Waals surface area contributed by atoms with Crippen molar-refractivity contribution in [2.24, 2.45) is 0 Å². The number of rotatable bonds is 12. The van der Waals surface area contributed by atoms with Crippen molar-refractivity contribution in [2.45, 2.75) is 50.7 Å². The molecule has 0 radical (unpaired) electrons. The first-order chi connectivity index (χ1) is 8.28. The molecule has 0 spiro atoms. The molecule has 0 aliphatic rings. The average molecular weight is 242 g/mol. The zero-order valence-corrected chi connectivity index (χ0v) is 10.7. The molecule has 3 nitrogen and oxygen atoms in total. The Hall–Kier alpha value is -0.640. The molecule has 17 heavy (non-hydrogen) atoms. The second-order valence-corrected chi connectivity index (χ2v) is 4.12. The molecule has 0 amide bonds. The van der Waals surface area contributed by atoms with Crippen molar-refractivity contribution in [1.29, 1.82) is 0 Å². The van der Waals surface area contributed by atoms with Gasteiger partial charge >= 0.3 is 0 Å². The summed E-state index contributed by atoms with van der Waals surface area (Å²) in [6, 6.07) is 0. The van der Waals surface area contributed by atoms with Gasteiger partial charge in [-0.2, -0.15) is 0 Å². The summed E-state index contributed by atoms with van der Waals surface area (Å²) in [5.74, 6) is 0. The Morgan fingerprint density at radius 2 is 1.24 bits per heavy atom. The SMILES string of the molecule is C=CC(CCCCO)OC(C=C)CCCCO. The maximum absolute atomic E-state index is 8.72. The molecule has 0 heterocycles. The van der Waals surface area contributed by atoms with E-state index in [1.54, 1.807) is 12.2 Å². The van der Waals surface area contributed by atoms with Crippen LogP contribution in [0.4, 0.5) is 0 Å². The zero-order valence-electron chi connectivity index (χ0n) is 10.7. The van der Waals surface area contributed by atoms with E-state index in [2.05, 4.69) is 13.2 Å². The Labute approximate surface area is 105 Å². The van der Waals surface area contributed by atoms with Gasteiger partial charge in [0.15, 0.2) is 0 Å². The highest BCUT2D eigenvalue weighted by molar-refractivity contribution is 4.86. The third kappa shape index (κ3) is 9.10. The van der Waals surface area contributed by atoms with Crippen LogP contribution in [0.5, 0.6) is 0 Å². The number of unbranched alkanes of at least 4 members (excludes halogenated alkanes) is 2. The van der Waals surface area contributed by atoms with Gasteiger partial charge in [-0.3, -0.25) is 0 Å². The molecule has 0 bridgehead atoms. The molecule has 0 rings (SSSR count).